The van der Waals surface area contributed by atoms with Gasteiger partial charge in [0.25, 0.3) is 0 Å². The fraction of sp³-hybridized carbons (Fsp3) is 0.875. The lowest BCUT2D eigenvalue weighted by Gasteiger charge is -2.35. The number of cyclic esters (lactones) is 2. The maximum absolute atomic E-state index is 11.6. The first-order valence-electron chi connectivity index (χ1n) is 32.7. The summed E-state index contributed by atoms with van der Waals surface area (Å²) in [4.78, 5) is 88.4. The Bertz CT molecular complexity index is 2400. The molecular weight excluding hydrogens is 1090 g/mol. The Morgan fingerprint density at radius 3 is 1.85 bits per heavy atom. The fourth-order valence-corrected chi connectivity index (χ4v) is 18.9. The Morgan fingerprint density at radius 2 is 1.17 bits per heavy atom. The molecule has 2 spiro atoms. The number of carbonyl (C=O) groups is 8. The second-order valence-electron chi connectivity index (χ2n) is 28.1. The van der Waals surface area contributed by atoms with Crippen LogP contribution in [0, 0.1) is 70.0 Å². The number of ether oxygens (including phenoxy) is 12. The maximum Gasteiger partial charge on any atom is 0.312 e. The van der Waals surface area contributed by atoms with Crippen molar-refractivity contribution < 1.29 is 95.2 Å². The molecule has 84 heavy (non-hydrogen) atoms. The Kier molecular flexibility index (Phi) is 17.6. The van der Waals surface area contributed by atoms with Gasteiger partial charge in [-0.05, 0) is 164 Å². The highest BCUT2D eigenvalue weighted by Gasteiger charge is 2.59. The van der Waals surface area contributed by atoms with Gasteiger partial charge in [-0.15, -0.1) is 0 Å². The highest BCUT2D eigenvalue weighted by molar-refractivity contribution is 5.85. The molecule has 13 heterocycles. The molecule has 0 aromatic carbocycles. The predicted octanol–water partition coefficient (Wildman–Crippen LogP) is 7.67. The number of hydrogen-bond donors (Lipinski definition) is 0. The van der Waals surface area contributed by atoms with Crippen molar-refractivity contribution in [1.29, 1.82) is 0 Å². The molecule has 13 aliphatic heterocycles. The molecular formula is C64H88O20. The second kappa shape index (κ2) is 25.1. The third-order valence-corrected chi connectivity index (χ3v) is 23.1. The minimum Gasteiger partial charge on any atom is -0.465 e. The molecule has 0 amide bonds. The van der Waals surface area contributed by atoms with Crippen molar-refractivity contribution in [1.82, 2.24) is 0 Å². The van der Waals surface area contributed by atoms with E-state index in [9.17, 15) is 38.4 Å². The molecule has 0 radical (unpaired) electrons. The third-order valence-electron chi connectivity index (χ3n) is 23.1. The van der Waals surface area contributed by atoms with Crippen LogP contribution in [0.3, 0.4) is 0 Å². The van der Waals surface area contributed by atoms with E-state index in [-0.39, 0.29) is 114 Å². The molecule has 22 rings (SSSR count). The number of esters is 7. The van der Waals surface area contributed by atoms with Crippen molar-refractivity contribution in [2.75, 3.05) is 33.2 Å². The SMILES string of the molecule is O=C1CC2CCCC2O1.O=C1CC2OC3OCOC3C2O1.O=C1CC2OCCC2O1.O=C1COC2CCCC12.O=C1OC2CC3CC(C2)CC1C3.O=C1OC2CC3CC2CC13.O=C1OCCC12CC1CCC2C1.O=C1OCCC12CCCCC2. The molecule has 19 atom stereocenters. The number of ketones is 1. The maximum atomic E-state index is 11.6. The summed E-state index contributed by atoms with van der Waals surface area (Å²) < 4.78 is 61.9. The molecule has 9 saturated carbocycles. The van der Waals surface area contributed by atoms with Gasteiger partial charge in [-0.25, -0.2) is 0 Å². The van der Waals surface area contributed by atoms with Crippen LogP contribution < -0.4 is 0 Å². The van der Waals surface area contributed by atoms with Crippen LogP contribution in [0.2, 0.25) is 0 Å². The summed E-state index contributed by atoms with van der Waals surface area (Å²) in [6.45, 7) is 2.72. The Morgan fingerprint density at radius 1 is 0.417 bits per heavy atom. The first kappa shape index (κ1) is 58.8. The van der Waals surface area contributed by atoms with Crippen molar-refractivity contribution in [3.63, 3.8) is 0 Å². The van der Waals surface area contributed by atoms with Gasteiger partial charge in [0.15, 0.2) is 31.1 Å². The van der Waals surface area contributed by atoms with Gasteiger partial charge in [0.1, 0.15) is 43.2 Å². The van der Waals surface area contributed by atoms with Gasteiger partial charge >= 0.3 is 41.8 Å². The van der Waals surface area contributed by atoms with Gasteiger partial charge < -0.3 is 56.8 Å². The molecule has 22 aliphatic rings. The molecule has 20 heteroatoms. The van der Waals surface area contributed by atoms with Gasteiger partial charge in [-0.1, -0.05) is 32.1 Å². The molecule has 0 N–H and O–H groups in total. The van der Waals surface area contributed by atoms with Crippen LogP contribution in [0.1, 0.15) is 186 Å². The first-order chi connectivity index (χ1) is 40.7. The number of carbonyl (C=O) groups excluding carboxylic acids is 8. The van der Waals surface area contributed by atoms with Crippen LogP contribution in [0.25, 0.3) is 0 Å². The van der Waals surface area contributed by atoms with E-state index in [2.05, 4.69) is 0 Å². The number of rotatable bonds is 0. The predicted molar refractivity (Wildman–Crippen MR) is 289 cm³/mol. The third kappa shape index (κ3) is 12.3. The van der Waals surface area contributed by atoms with E-state index in [0.29, 0.717) is 86.8 Å². The molecule has 9 aliphatic carbocycles. The summed E-state index contributed by atoms with van der Waals surface area (Å²) in [6.07, 6.45) is 32.1. The van der Waals surface area contributed by atoms with Crippen molar-refractivity contribution in [2.24, 2.45) is 70.0 Å². The Hall–Kier alpha value is -4.24. The number of Topliss-reactive ketones (excluding diaryl/α,β-unsaturated/α-hetero) is 1. The largest absolute Gasteiger partial charge is 0.465 e. The van der Waals surface area contributed by atoms with Crippen molar-refractivity contribution >= 4 is 47.6 Å². The second-order valence-corrected chi connectivity index (χ2v) is 28.1. The zero-order valence-corrected chi connectivity index (χ0v) is 48.8. The molecule has 22 fully saturated rings. The molecule has 20 nitrogen and oxygen atoms in total. The van der Waals surface area contributed by atoms with Gasteiger partial charge in [0, 0.05) is 18.3 Å². The average Bonchev–Trinajstić information content (AvgIpc) is 4.45. The van der Waals surface area contributed by atoms with Gasteiger partial charge in [0.2, 0.25) is 0 Å². The van der Waals surface area contributed by atoms with Gasteiger partial charge in [-0.2, -0.15) is 0 Å². The van der Waals surface area contributed by atoms with E-state index in [1.54, 1.807) is 0 Å². The van der Waals surface area contributed by atoms with E-state index in [1.807, 2.05) is 0 Å². The summed E-state index contributed by atoms with van der Waals surface area (Å²) >= 11 is 0. The minimum absolute atomic E-state index is 0.00289. The van der Waals surface area contributed by atoms with Crippen LogP contribution in [0.4, 0.5) is 0 Å². The van der Waals surface area contributed by atoms with Crippen molar-refractivity contribution in [3.8, 4) is 0 Å². The normalized spacial score (nSPS) is 45.2. The number of fused-ring (bicyclic) bond motifs is 11. The summed E-state index contributed by atoms with van der Waals surface area (Å²) in [5.41, 5.74) is -0.0266. The Balaban J connectivity index is 0.0000000898. The van der Waals surface area contributed by atoms with Crippen LogP contribution in [-0.2, 0) is 95.2 Å². The van der Waals surface area contributed by atoms with Crippen LogP contribution in [-0.4, -0.2) is 142 Å². The van der Waals surface area contributed by atoms with Crippen LogP contribution in [0.5, 0.6) is 0 Å². The summed E-state index contributed by atoms with van der Waals surface area (Å²) in [6, 6.07) is 0. The van der Waals surface area contributed by atoms with Gasteiger partial charge in [0.05, 0.1) is 67.9 Å². The minimum atomic E-state index is -0.326. The molecule has 0 aromatic heterocycles. The van der Waals surface area contributed by atoms with Crippen LogP contribution in [0.15, 0.2) is 0 Å². The molecule has 13 saturated heterocycles. The van der Waals surface area contributed by atoms with Crippen LogP contribution >= 0.6 is 0 Å². The molecule has 10 bridgehead atoms. The monoisotopic (exact) mass is 1180 g/mol. The van der Waals surface area contributed by atoms with Crippen molar-refractivity contribution in [3.05, 3.63) is 0 Å². The highest BCUT2D eigenvalue weighted by Crippen LogP contribution is 2.60. The summed E-state index contributed by atoms with van der Waals surface area (Å²) in [5, 5.41) is 0. The lowest BCUT2D eigenvalue weighted by Crippen LogP contribution is -2.39. The average molecular weight is 1180 g/mol. The topological polar surface area (TPSA) is 247 Å². The van der Waals surface area contributed by atoms with E-state index in [1.165, 1.54) is 77.0 Å². The van der Waals surface area contributed by atoms with Gasteiger partial charge in [-0.3, -0.25) is 38.4 Å². The van der Waals surface area contributed by atoms with E-state index in [0.717, 1.165) is 120 Å². The molecule has 19 unspecified atom stereocenters. The summed E-state index contributed by atoms with van der Waals surface area (Å²) in [7, 11) is 0. The molecule has 0 aromatic rings. The quantitative estimate of drug-likeness (QED) is 0.167. The lowest BCUT2D eigenvalue weighted by atomic mass is 9.68. The number of hydrogen-bond acceptors (Lipinski definition) is 20. The summed E-state index contributed by atoms with van der Waals surface area (Å²) in [5.74, 6) is 6.44. The zero-order valence-electron chi connectivity index (χ0n) is 48.8. The van der Waals surface area contributed by atoms with Crippen molar-refractivity contribution in [2.45, 2.75) is 247 Å². The highest BCUT2D eigenvalue weighted by atomic mass is 16.8. The Labute approximate surface area is 491 Å². The first-order valence-corrected chi connectivity index (χ1v) is 32.7. The zero-order chi connectivity index (χ0) is 57.7. The standard InChI is InChI=1S/2C10H14O2.C9H14O2.C8H10O2.C7H8O5.2C7H10O2.C6H8O3/c11-10-8-2-6-1-7(3-8)5-9(4-6)12-10;11-9-10(3-4-12-9)6-7-1-2-8(10)5-7;10-8-9(6-7-11-8)4-2-1-3-5-9;9-8-6-2-5-1-4(6)3-7(5)10-8;8-4-1-3-5(12-4)6-7(11-3)10-2-9-6;8-6-4-9-7-3-1-2-5(6)7;8-7-4-5-2-1-3-6(5)9-7;7-6-3-5-4(9-6)1-2-8-5/h6-9H,1-5H2;7-8H,1-6H2;1-7H2;4-7H,1-3H2;3,5-7H,1-2H2;5,7H,1-4H2;5-6H,1-4H2;4-5H,1-3H2. The van der Waals surface area contributed by atoms with E-state index >= 15 is 0 Å². The lowest BCUT2D eigenvalue weighted by molar-refractivity contribution is -0.169. The van der Waals surface area contributed by atoms with E-state index < -0.39 is 0 Å². The smallest absolute Gasteiger partial charge is 0.312 e. The molecule has 464 valence electrons. The van der Waals surface area contributed by atoms with E-state index in [4.69, 9.17) is 56.8 Å². The fourth-order valence-electron chi connectivity index (χ4n) is 18.9.